The largest absolute Gasteiger partial charge is 0.497 e. The minimum atomic E-state index is -3.94. The van der Waals surface area contributed by atoms with Gasteiger partial charge in [-0.1, -0.05) is 30.3 Å². The maximum absolute atomic E-state index is 13.5. The predicted octanol–water partition coefficient (Wildman–Crippen LogP) is 3.91. The number of benzene rings is 3. The van der Waals surface area contributed by atoms with Gasteiger partial charge in [-0.25, -0.2) is 8.42 Å². The molecule has 1 amide bonds. The molecule has 4 rings (SSSR count). The molecule has 0 radical (unpaired) electrons. The molecule has 0 fully saturated rings. The van der Waals surface area contributed by atoms with Crippen LogP contribution in [-0.4, -0.2) is 34.1 Å². The van der Waals surface area contributed by atoms with E-state index in [0.29, 0.717) is 22.9 Å². The molecule has 3 aromatic carbocycles. The Morgan fingerprint density at radius 1 is 1.00 bits per heavy atom. The Morgan fingerprint density at radius 2 is 1.66 bits per heavy atom. The number of aryl methyl sites for hydroxylation is 2. The first-order valence-corrected chi connectivity index (χ1v) is 11.5. The SMILES string of the molecule is COc1ccc(S(=O)(=O)N2C[C@@H](C(=O)Nc3c(C)cccc3C)Oc3ccccc32)cc1. The standard InChI is InChI=1S/C24H24N2O5S/c1-16-7-6-8-17(2)23(16)25-24(27)22-15-26(20-9-4-5-10-21(20)31-22)32(28,29)19-13-11-18(30-3)12-14-19/h4-14,22H,15H2,1-3H3,(H,25,27)/t22-/m0/s1. The fraction of sp³-hybridized carbons (Fsp3) is 0.208. The molecule has 0 aromatic heterocycles. The van der Waals surface area contributed by atoms with Gasteiger partial charge in [-0.15, -0.1) is 0 Å². The second-order valence-electron chi connectivity index (χ2n) is 7.54. The topological polar surface area (TPSA) is 84.9 Å². The smallest absolute Gasteiger partial charge is 0.267 e. The van der Waals surface area contributed by atoms with Crippen LogP contribution in [0.15, 0.2) is 71.6 Å². The van der Waals surface area contributed by atoms with Crippen LogP contribution in [0.4, 0.5) is 11.4 Å². The summed E-state index contributed by atoms with van der Waals surface area (Å²) in [7, 11) is -2.42. The highest BCUT2D eigenvalue weighted by Gasteiger charge is 2.37. The van der Waals surface area contributed by atoms with Crippen molar-refractivity contribution in [3.8, 4) is 11.5 Å². The number of ether oxygens (including phenoxy) is 2. The number of anilines is 2. The molecule has 7 nitrogen and oxygen atoms in total. The number of nitrogens with one attached hydrogen (secondary N) is 1. The summed E-state index contributed by atoms with van der Waals surface area (Å²) in [6.45, 7) is 3.66. The van der Waals surface area contributed by atoms with Crippen molar-refractivity contribution in [2.24, 2.45) is 0 Å². The van der Waals surface area contributed by atoms with E-state index in [1.54, 1.807) is 36.4 Å². The molecular formula is C24H24N2O5S. The average molecular weight is 453 g/mol. The first kappa shape index (κ1) is 21.7. The molecule has 0 saturated carbocycles. The van der Waals surface area contributed by atoms with Crippen LogP contribution < -0.4 is 19.1 Å². The van der Waals surface area contributed by atoms with Gasteiger partial charge in [-0.2, -0.15) is 0 Å². The minimum Gasteiger partial charge on any atom is -0.497 e. The number of methoxy groups -OCH3 is 1. The van der Waals surface area contributed by atoms with Crippen LogP contribution in [0.1, 0.15) is 11.1 Å². The van der Waals surface area contributed by atoms with Gasteiger partial charge < -0.3 is 14.8 Å². The first-order valence-electron chi connectivity index (χ1n) is 10.1. The fourth-order valence-electron chi connectivity index (χ4n) is 3.66. The number of sulfonamides is 1. The molecule has 1 aliphatic heterocycles. The lowest BCUT2D eigenvalue weighted by molar-refractivity contribution is -0.122. The van der Waals surface area contributed by atoms with Crippen LogP contribution in [0.3, 0.4) is 0 Å². The molecule has 0 bridgehead atoms. The molecule has 166 valence electrons. The summed E-state index contributed by atoms with van der Waals surface area (Å²) >= 11 is 0. The zero-order valence-corrected chi connectivity index (χ0v) is 18.8. The van der Waals surface area contributed by atoms with Crippen molar-refractivity contribution in [2.45, 2.75) is 24.8 Å². The number of fused-ring (bicyclic) bond motifs is 1. The van der Waals surface area contributed by atoms with E-state index in [1.807, 2.05) is 32.0 Å². The molecule has 1 heterocycles. The van der Waals surface area contributed by atoms with E-state index in [-0.39, 0.29) is 11.4 Å². The number of amides is 1. The van der Waals surface area contributed by atoms with Crippen LogP contribution in [0.5, 0.6) is 11.5 Å². The lowest BCUT2D eigenvalue weighted by Gasteiger charge is -2.34. The van der Waals surface area contributed by atoms with Gasteiger partial charge in [0, 0.05) is 5.69 Å². The highest BCUT2D eigenvalue weighted by atomic mass is 32.2. The van der Waals surface area contributed by atoms with Crippen LogP contribution in [0.2, 0.25) is 0 Å². The van der Waals surface area contributed by atoms with Crippen molar-refractivity contribution in [2.75, 3.05) is 23.3 Å². The highest BCUT2D eigenvalue weighted by molar-refractivity contribution is 7.92. The summed E-state index contributed by atoms with van der Waals surface area (Å²) in [5.74, 6) is 0.474. The predicted molar refractivity (Wildman–Crippen MR) is 123 cm³/mol. The van der Waals surface area contributed by atoms with Gasteiger partial charge in [0.2, 0.25) is 0 Å². The van der Waals surface area contributed by atoms with Crippen molar-refractivity contribution in [3.63, 3.8) is 0 Å². The van der Waals surface area contributed by atoms with E-state index in [0.717, 1.165) is 11.1 Å². The van der Waals surface area contributed by atoms with Gasteiger partial charge in [0.1, 0.15) is 11.5 Å². The Morgan fingerprint density at radius 3 is 2.31 bits per heavy atom. The number of para-hydroxylation sites is 3. The lowest BCUT2D eigenvalue weighted by atomic mass is 10.1. The van der Waals surface area contributed by atoms with Crippen molar-refractivity contribution in [1.29, 1.82) is 0 Å². The number of nitrogens with zero attached hydrogens (tertiary/aromatic N) is 1. The Hall–Kier alpha value is -3.52. The van der Waals surface area contributed by atoms with E-state index >= 15 is 0 Å². The van der Waals surface area contributed by atoms with E-state index in [4.69, 9.17) is 9.47 Å². The molecule has 1 atom stereocenters. The quantitative estimate of drug-likeness (QED) is 0.635. The normalized spacial score (nSPS) is 15.5. The minimum absolute atomic E-state index is 0.101. The number of carbonyl (C=O) groups is 1. The summed E-state index contributed by atoms with van der Waals surface area (Å²) in [6, 6.07) is 18.7. The Balaban J connectivity index is 1.68. The highest BCUT2D eigenvalue weighted by Crippen LogP contribution is 2.37. The summed E-state index contributed by atoms with van der Waals surface area (Å²) in [4.78, 5) is 13.2. The van der Waals surface area contributed by atoms with Crippen LogP contribution in [-0.2, 0) is 14.8 Å². The number of hydrogen-bond donors (Lipinski definition) is 1. The van der Waals surface area contributed by atoms with Crippen LogP contribution in [0.25, 0.3) is 0 Å². The molecule has 0 spiro atoms. The molecule has 32 heavy (non-hydrogen) atoms. The number of carbonyl (C=O) groups excluding carboxylic acids is 1. The van der Waals surface area contributed by atoms with E-state index in [1.165, 1.54) is 23.5 Å². The average Bonchev–Trinajstić information content (AvgIpc) is 2.80. The zero-order chi connectivity index (χ0) is 22.9. The van der Waals surface area contributed by atoms with Crippen molar-refractivity contribution < 1.29 is 22.7 Å². The van der Waals surface area contributed by atoms with Gasteiger partial charge in [-0.05, 0) is 61.4 Å². The maximum atomic E-state index is 13.5. The molecule has 8 heteroatoms. The van der Waals surface area contributed by atoms with Gasteiger partial charge in [-0.3, -0.25) is 9.10 Å². The number of hydrogen-bond acceptors (Lipinski definition) is 5. The summed E-state index contributed by atoms with van der Waals surface area (Å²) in [5.41, 5.74) is 2.92. The fourth-order valence-corrected chi connectivity index (χ4v) is 5.13. The molecule has 0 aliphatic carbocycles. The summed E-state index contributed by atoms with van der Waals surface area (Å²) in [5, 5.41) is 2.90. The van der Waals surface area contributed by atoms with Crippen molar-refractivity contribution >= 4 is 27.3 Å². The second-order valence-corrected chi connectivity index (χ2v) is 9.40. The number of rotatable bonds is 5. The van der Waals surface area contributed by atoms with E-state index < -0.39 is 22.0 Å². The third-order valence-corrected chi connectivity index (χ3v) is 7.20. The Kier molecular flexibility index (Phi) is 5.80. The van der Waals surface area contributed by atoms with Crippen molar-refractivity contribution in [3.05, 3.63) is 77.9 Å². The molecule has 3 aromatic rings. The zero-order valence-electron chi connectivity index (χ0n) is 18.0. The van der Waals surface area contributed by atoms with E-state index in [2.05, 4.69) is 5.32 Å². The summed E-state index contributed by atoms with van der Waals surface area (Å²) < 4.78 is 39.2. The maximum Gasteiger partial charge on any atom is 0.267 e. The van der Waals surface area contributed by atoms with Crippen LogP contribution in [0, 0.1) is 13.8 Å². The van der Waals surface area contributed by atoms with Gasteiger partial charge >= 0.3 is 0 Å². The molecular weight excluding hydrogens is 428 g/mol. The van der Waals surface area contributed by atoms with Crippen molar-refractivity contribution in [1.82, 2.24) is 0 Å². The van der Waals surface area contributed by atoms with Gasteiger partial charge in [0.05, 0.1) is 24.2 Å². The first-order chi connectivity index (χ1) is 15.3. The second kappa shape index (κ2) is 8.55. The molecule has 0 saturated heterocycles. The summed E-state index contributed by atoms with van der Waals surface area (Å²) in [6.07, 6.45) is -1.02. The van der Waals surface area contributed by atoms with Gasteiger partial charge in [0.25, 0.3) is 15.9 Å². The van der Waals surface area contributed by atoms with E-state index in [9.17, 15) is 13.2 Å². The Bertz CT molecular complexity index is 1240. The third kappa shape index (κ3) is 4.01. The molecule has 1 aliphatic rings. The molecule has 1 N–H and O–H groups in total. The lowest BCUT2D eigenvalue weighted by Crippen LogP contribution is -2.48. The van der Waals surface area contributed by atoms with Crippen LogP contribution >= 0.6 is 0 Å². The van der Waals surface area contributed by atoms with Gasteiger partial charge in [0.15, 0.2) is 6.10 Å². The molecule has 0 unspecified atom stereocenters. The monoisotopic (exact) mass is 452 g/mol. The Labute approximate surface area is 187 Å². The third-order valence-electron chi connectivity index (χ3n) is 5.40.